The molecule has 0 spiro atoms. The van der Waals surface area contributed by atoms with Gasteiger partial charge in [0.05, 0.1) is 6.54 Å². The molecule has 0 unspecified atom stereocenters. The molecule has 2 aliphatic rings. The molecule has 22 heavy (non-hydrogen) atoms. The smallest absolute Gasteiger partial charge is 0.276 e. The van der Waals surface area contributed by atoms with E-state index in [0.29, 0.717) is 38.8 Å². The van der Waals surface area contributed by atoms with E-state index in [2.05, 4.69) is 0 Å². The van der Waals surface area contributed by atoms with E-state index in [1.54, 1.807) is 0 Å². The summed E-state index contributed by atoms with van der Waals surface area (Å²) in [5.74, 6) is 0.165. The van der Waals surface area contributed by atoms with Gasteiger partial charge in [-0.2, -0.15) is 12.7 Å². The first-order chi connectivity index (χ1) is 10.4. The van der Waals surface area contributed by atoms with E-state index in [0.717, 1.165) is 19.4 Å². The molecule has 0 aromatic rings. The van der Waals surface area contributed by atoms with Crippen molar-refractivity contribution in [3.05, 3.63) is 0 Å². The minimum Gasteiger partial charge on any atom is -0.339 e. The second-order valence-electron chi connectivity index (χ2n) is 6.19. The summed E-state index contributed by atoms with van der Waals surface area (Å²) in [6, 6.07) is 0.386. The number of carbonyl (C=O) groups excluding carboxylic acids is 1. The molecule has 128 valence electrons. The van der Waals surface area contributed by atoms with Crippen molar-refractivity contribution in [2.45, 2.75) is 45.1 Å². The monoisotopic (exact) mass is 332 g/mol. The normalized spacial score (nSPS) is 22.6. The van der Waals surface area contributed by atoms with Gasteiger partial charge in [-0.25, -0.2) is 5.14 Å². The number of likely N-dealkylation sites (N-methyl/N-ethyl adjacent to an activating group) is 1. The molecule has 2 fully saturated rings. The Morgan fingerprint density at radius 2 is 1.73 bits per heavy atom. The summed E-state index contributed by atoms with van der Waals surface area (Å²) in [6.07, 6.45) is 5.91. The van der Waals surface area contributed by atoms with E-state index in [4.69, 9.17) is 5.14 Å². The Morgan fingerprint density at radius 1 is 1.14 bits per heavy atom. The molecule has 2 rings (SSSR count). The first-order valence-electron chi connectivity index (χ1n) is 8.21. The topological polar surface area (TPSA) is 86.9 Å². The largest absolute Gasteiger partial charge is 0.339 e. The van der Waals surface area contributed by atoms with Crippen molar-refractivity contribution < 1.29 is 13.2 Å². The number of hydrogen-bond donors (Lipinski definition) is 1. The Kier molecular flexibility index (Phi) is 6.19. The summed E-state index contributed by atoms with van der Waals surface area (Å²) in [4.78, 5) is 16.6. The molecule has 1 heterocycles. The molecule has 1 saturated carbocycles. The summed E-state index contributed by atoms with van der Waals surface area (Å²) in [6.45, 7) is 5.01. The van der Waals surface area contributed by atoms with Gasteiger partial charge in [0, 0.05) is 38.8 Å². The van der Waals surface area contributed by atoms with Crippen LogP contribution in [0.1, 0.15) is 39.0 Å². The van der Waals surface area contributed by atoms with E-state index >= 15 is 0 Å². The minimum atomic E-state index is -3.60. The van der Waals surface area contributed by atoms with E-state index in [-0.39, 0.29) is 5.91 Å². The van der Waals surface area contributed by atoms with Crippen LogP contribution in [0.4, 0.5) is 0 Å². The zero-order valence-electron chi connectivity index (χ0n) is 13.4. The van der Waals surface area contributed by atoms with Gasteiger partial charge in [-0.05, 0) is 19.8 Å². The van der Waals surface area contributed by atoms with Gasteiger partial charge >= 0.3 is 0 Å². The minimum absolute atomic E-state index is 0.165. The number of piperazine rings is 1. The van der Waals surface area contributed by atoms with E-state index in [1.807, 2.05) is 16.7 Å². The van der Waals surface area contributed by atoms with Crippen LogP contribution in [0.2, 0.25) is 0 Å². The second kappa shape index (κ2) is 7.72. The van der Waals surface area contributed by atoms with Crippen molar-refractivity contribution in [2.24, 2.45) is 5.14 Å². The van der Waals surface area contributed by atoms with Crippen LogP contribution in [0.25, 0.3) is 0 Å². The average Bonchev–Trinajstić information content (AvgIpc) is 2.48. The lowest BCUT2D eigenvalue weighted by Crippen LogP contribution is -2.53. The number of carbonyl (C=O) groups is 1. The van der Waals surface area contributed by atoms with Gasteiger partial charge in [0.2, 0.25) is 5.91 Å². The van der Waals surface area contributed by atoms with Crippen molar-refractivity contribution >= 4 is 16.1 Å². The quantitative estimate of drug-likeness (QED) is 0.767. The van der Waals surface area contributed by atoms with Crippen LogP contribution in [0.3, 0.4) is 0 Å². The van der Waals surface area contributed by atoms with Gasteiger partial charge in [0.1, 0.15) is 0 Å². The first-order valence-corrected chi connectivity index (χ1v) is 9.72. The molecule has 0 bridgehead atoms. The molecule has 0 atom stereocenters. The highest BCUT2D eigenvalue weighted by molar-refractivity contribution is 7.86. The van der Waals surface area contributed by atoms with Gasteiger partial charge in [-0.1, -0.05) is 19.3 Å². The van der Waals surface area contributed by atoms with Gasteiger partial charge in [-0.15, -0.1) is 0 Å². The Labute approximate surface area is 133 Å². The van der Waals surface area contributed by atoms with Gasteiger partial charge in [-0.3, -0.25) is 9.69 Å². The zero-order valence-corrected chi connectivity index (χ0v) is 14.2. The van der Waals surface area contributed by atoms with Crippen LogP contribution < -0.4 is 5.14 Å². The molecule has 0 aromatic heterocycles. The fourth-order valence-electron chi connectivity index (χ4n) is 3.46. The van der Waals surface area contributed by atoms with Gasteiger partial charge in [0.25, 0.3) is 10.2 Å². The third-order valence-corrected chi connectivity index (χ3v) is 5.81. The molecule has 1 amide bonds. The van der Waals surface area contributed by atoms with Crippen LogP contribution in [-0.4, -0.2) is 73.7 Å². The first kappa shape index (κ1) is 17.7. The Bertz CT molecular complexity index is 468. The number of amides is 1. The standard InChI is InChI=1S/C14H28N4O3S/c1-2-18(13-6-4-3-5-7-13)14(19)12-16-8-10-17(11-9-16)22(15,20)21/h13H,2-12H2,1H3,(H2,15,20,21). The van der Waals surface area contributed by atoms with E-state index in [1.165, 1.54) is 23.6 Å². The van der Waals surface area contributed by atoms with Crippen molar-refractivity contribution in [3.8, 4) is 0 Å². The van der Waals surface area contributed by atoms with E-state index < -0.39 is 10.2 Å². The highest BCUT2D eigenvalue weighted by Gasteiger charge is 2.28. The van der Waals surface area contributed by atoms with Crippen molar-refractivity contribution in [2.75, 3.05) is 39.3 Å². The Hall–Kier alpha value is -0.700. The number of nitrogens with zero attached hydrogens (tertiary/aromatic N) is 3. The van der Waals surface area contributed by atoms with Crippen LogP contribution in [0.5, 0.6) is 0 Å². The fraction of sp³-hybridized carbons (Fsp3) is 0.929. The Morgan fingerprint density at radius 3 is 2.23 bits per heavy atom. The predicted molar refractivity (Wildman–Crippen MR) is 85.4 cm³/mol. The lowest BCUT2D eigenvalue weighted by Gasteiger charge is -2.37. The summed E-state index contributed by atoms with van der Waals surface area (Å²) in [7, 11) is -3.60. The Balaban J connectivity index is 1.83. The molecule has 0 aromatic carbocycles. The van der Waals surface area contributed by atoms with Crippen molar-refractivity contribution in [1.29, 1.82) is 0 Å². The number of rotatable bonds is 5. The molecule has 7 nitrogen and oxygen atoms in total. The fourth-order valence-corrected chi connectivity index (χ4v) is 4.13. The third kappa shape index (κ3) is 4.65. The number of hydrogen-bond acceptors (Lipinski definition) is 4. The summed E-state index contributed by atoms with van der Waals surface area (Å²) >= 11 is 0. The molecule has 1 aliphatic heterocycles. The van der Waals surface area contributed by atoms with Crippen molar-refractivity contribution in [1.82, 2.24) is 14.1 Å². The lowest BCUT2D eigenvalue weighted by atomic mass is 9.94. The highest BCUT2D eigenvalue weighted by Crippen LogP contribution is 2.22. The molecule has 8 heteroatoms. The molecular formula is C14H28N4O3S. The molecule has 0 radical (unpaired) electrons. The highest BCUT2D eigenvalue weighted by atomic mass is 32.2. The van der Waals surface area contributed by atoms with Crippen LogP contribution in [0, 0.1) is 0 Å². The van der Waals surface area contributed by atoms with Crippen molar-refractivity contribution in [3.63, 3.8) is 0 Å². The number of nitrogens with two attached hydrogens (primary N) is 1. The predicted octanol–water partition coefficient (Wildman–Crippen LogP) is -0.0113. The summed E-state index contributed by atoms with van der Waals surface area (Å²) in [5, 5.41) is 5.13. The third-order valence-electron chi connectivity index (χ3n) is 4.73. The lowest BCUT2D eigenvalue weighted by molar-refractivity contribution is -0.135. The van der Waals surface area contributed by atoms with Gasteiger partial charge in [0.15, 0.2) is 0 Å². The van der Waals surface area contributed by atoms with Crippen LogP contribution >= 0.6 is 0 Å². The summed E-state index contributed by atoms with van der Waals surface area (Å²) in [5.41, 5.74) is 0. The zero-order chi connectivity index (χ0) is 16.2. The molecule has 2 N–H and O–H groups in total. The molecule has 1 saturated heterocycles. The summed E-state index contributed by atoms with van der Waals surface area (Å²) < 4.78 is 23.8. The van der Waals surface area contributed by atoms with Crippen LogP contribution in [0.15, 0.2) is 0 Å². The second-order valence-corrected chi connectivity index (χ2v) is 7.74. The maximum absolute atomic E-state index is 12.5. The van der Waals surface area contributed by atoms with Gasteiger partial charge < -0.3 is 4.90 Å². The maximum atomic E-state index is 12.5. The van der Waals surface area contributed by atoms with Crippen LogP contribution in [-0.2, 0) is 15.0 Å². The SMILES string of the molecule is CCN(C(=O)CN1CCN(S(N)(=O)=O)CC1)C1CCCCC1. The molecule has 1 aliphatic carbocycles. The van der Waals surface area contributed by atoms with E-state index in [9.17, 15) is 13.2 Å². The average molecular weight is 332 g/mol. The molecular weight excluding hydrogens is 304 g/mol. The maximum Gasteiger partial charge on any atom is 0.276 e.